The molecule has 0 aliphatic carbocycles. The Morgan fingerprint density at radius 2 is 1.61 bits per heavy atom. The fraction of sp³-hybridized carbons (Fsp3) is 0.316. The first-order chi connectivity index (χ1) is 11.3. The van der Waals surface area contributed by atoms with Gasteiger partial charge in [0.05, 0.1) is 6.61 Å². The molecular weight excluding hydrogens is 324 g/mol. The number of rotatable bonds is 9. The first-order valence-electron chi connectivity index (χ1n) is 7.83. The maximum atomic E-state index is 11.6. The predicted molar refractivity (Wildman–Crippen MR) is 99.1 cm³/mol. The van der Waals surface area contributed by atoms with Crippen LogP contribution >= 0.6 is 23.5 Å². The summed E-state index contributed by atoms with van der Waals surface area (Å²) >= 11 is 3.68. The highest BCUT2D eigenvalue weighted by Gasteiger charge is 2.14. The SMILES string of the molecule is CCOC(=O)CCC(CSc1ccccc1)Sc1ccccc1. The van der Waals surface area contributed by atoms with E-state index >= 15 is 0 Å². The minimum absolute atomic E-state index is 0.101. The summed E-state index contributed by atoms with van der Waals surface area (Å²) in [6.45, 7) is 2.30. The Kier molecular flexibility index (Phi) is 8.12. The van der Waals surface area contributed by atoms with Crippen LogP contribution in [0.25, 0.3) is 0 Å². The smallest absolute Gasteiger partial charge is 0.305 e. The van der Waals surface area contributed by atoms with Crippen LogP contribution < -0.4 is 0 Å². The lowest BCUT2D eigenvalue weighted by molar-refractivity contribution is -0.143. The van der Waals surface area contributed by atoms with Gasteiger partial charge in [0, 0.05) is 27.2 Å². The highest BCUT2D eigenvalue weighted by atomic mass is 32.2. The van der Waals surface area contributed by atoms with Gasteiger partial charge in [-0.3, -0.25) is 4.79 Å². The van der Waals surface area contributed by atoms with Gasteiger partial charge in [0.25, 0.3) is 0 Å². The zero-order valence-electron chi connectivity index (χ0n) is 13.3. The molecule has 2 aromatic carbocycles. The van der Waals surface area contributed by atoms with Gasteiger partial charge in [-0.1, -0.05) is 36.4 Å². The zero-order chi connectivity index (χ0) is 16.3. The van der Waals surface area contributed by atoms with Crippen molar-refractivity contribution in [2.24, 2.45) is 0 Å². The van der Waals surface area contributed by atoms with Crippen LogP contribution in [0.4, 0.5) is 0 Å². The van der Waals surface area contributed by atoms with E-state index in [-0.39, 0.29) is 5.97 Å². The molecule has 23 heavy (non-hydrogen) atoms. The highest BCUT2D eigenvalue weighted by molar-refractivity contribution is 8.03. The number of carbonyl (C=O) groups excluding carboxylic acids is 1. The lowest BCUT2D eigenvalue weighted by Gasteiger charge is -2.16. The summed E-state index contributed by atoms with van der Waals surface area (Å²) < 4.78 is 5.05. The monoisotopic (exact) mass is 346 g/mol. The van der Waals surface area contributed by atoms with Crippen LogP contribution in [0.2, 0.25) is 0 Å². The zero-order valence-corrected chi connectivity index (χ0v) is 14.9. The largest absolute Gasteiger partial charge is 0.466 e. The van der Waals surface area contributed by atoms with Crippen LogP contribution in [0, 0.1) is 0 Å². The summed E-state index contributed by atoms with van der Waals surface area (Å²) in [5, 5.41) is 0.381. The Morgan fingerprint density at radius 1 is 1.00 bits per heavy atom. The van der Waals surface area contributed by atoms with E-state index in [1.807, 2.05) is 42.6 Å². The van der Waals surface area contributed by atoms with E-state index < -0.39 is 0 Å². The highest BCUT2D eigenvalue weighted by Crippen LogP contribution is 2.31. The van der Waals surface area contributed by atoms with E-state index in [0.29, 0.717) is 18.3 Å². The fourth-order valence-corrected chi connectivity index (χ4v) is 4.39. The Labute approximate surface area is 147 Å². The van der Waals surface area contributed by atoms with Crippen LogP contribution in [0.3, 0.4) is 0 Å². The second-order valence-electron chi connectivity index (χ2n) is 5.02. The average Bonchev–Trinajstić information content (AvgIpc) is 2.59. The molecule has 1 atom stereocenters. The average molecular weight is 347 g/mol. The lowest BCUT2D eigenvalue weighted by atomic mass is 10.2. The summed E-state index contributed by atoms with van der Waals surface area (Å²) in [4.78, 5) is 14.1. The van der Waals surface area contributed by atoms with Crippen LogP contribution in [0.1, 0.15) is 19.8 Å². The molecule has 0 saturated heterocycles. The summed E-state index contributed by atoms with van der Waals surface area (Å²) in [5.74, 6) is 0.874. The first-order valence-corrected chi connectivity index (χ1v) is 9.69. The van der Waals surface area contributed by atoms with Gasteiger partial charge < -0.3 is 4.74 Å². The fourth-order valence-electron chi connectivity index (χ4n) is 2.09. The van der Waals surface area contributed by atoms with Crippen molar-refractivity contribution < 1.29 is 9.53 Å². The number of hydrogen-bond acceptors (Lipinski definition) is 4. The second kappa shape index (κ2) is 10.4. The molecule has 0 spiro atoms. The molecule has 0 radical (unpaired) electrons. The second-order valence-corrected chi connectivity index (χ2v) is 7.49. The molecule has 2 aromatic rings. The van der Waals surface area contributed by atoms with Crippen LogP contribution in [0.5, 0.6) is 0 Å². The number of esters is 1. The van der Waals surface area contributed by atoms with Gasteiger partial charge in [-0.25, -0.2) is 0 Å². The maximum Gasteiger partial charge on any atom is 0.305 e. The third-order valence-corrected chi connectivity index (χ3v) is 5.87. The van der Waals surface area contributed by atoms with E-state index in [1.54, 1.807) is 0 Å². The van der Waals surface area contributed by atoms with Gasteiger partial charge in [0.1, 0.15) is 0 Å². The van der Waals surface area contributed by atoms with E-state index in [0.717, 1.165) is 12.2 Å². The molecule has 122 valence electrons. The summed E-state index contributed by atoms with van der Waals surface area (Å²) in [5.41, 5.74) is 0. The van der Waals surface area contributed by atoms with Gasteiger partial charge in [0.15, 0.2) is 0 Å². The van der Waals surface area contributed by atoms with Crippen molar-refractivity contribution in [3.63, 3.8) is 0 Å². The van der Waals surface area contributed by atoms with Gasteiger partial charge in [-0.15, -0.1) is 23.5 Å². The van der Waals surface area contributed by atoms with Crippen molar-refractivity contribution in [1.82, 2.24) is 0 Å². The van der Waals surface area contributed by atoms with E-state index in [9.17, 15) is 4.79 Å². The molecule has 4 heteroatoms. The molecule has 0 fully saturated rings. The van der Waals surface area contributed by atoms with Gasteiger partial charge >= 0.3 is 5.97 Å². The molecule has 0 aromatic heterocycles. The van der Waals surface area contributed by atoms with E-state index in [2.05, 4.69) is 48.5 Å². The van der Waals surface area contributed by atoms with Gasteiger partial charge in [-0.2, -0.15) is 0 Å². The molecule has 1 unspecified atom stereocenters. The Bertz CT molecular complexity index is 572. The van der Waals surface area contributed by atoms with Crippen molar-refractivity contribution in [3.05, 3.63) is 60.7 Å². The summed E-state index contributed by atoms with van der Waals surface area (Å²) in [7, 11) is 0. The van der Waals surface area contributed by atoms with Crippen molar-refractivity contribution in [2.45, 2.75) is 34.8 Å². The lowest BCUT2D eigenvalue weighted by Crippen LogP contribution is -2.11. The Hall–Kier alpha value is -1.39. The number of carbonyl (C=O) groups is 1. The molecule has 0 heterocycles. The first kappa shape index (κ1) is 18.0. The molecule has 0 N–H and O–H groups in total. The minimum Gasteiger partial charge on any atom is -0.466 e. The molecule has 0 bridgehead atoms. The number of hydrogen-bond donors (Lipinski definition) is 0. The predicted octanol–water partition coefficient (Wildman–Crippen LogP) is 5.28. The topological polar surface area (TPSA) is 26.3 Å². The van der Waals surface area contributed by atoms with Gasteiger partial charge in [0.2, 0.25) is 0 Å². The molecule has 0 amide bonds. The normalized spacial score (nSPS) is 11.9. The van der Waals surface area contributed by atoms with Crippen LogP contribution in [-0.4, -0.2) is 23.6 Å². The third kappa shape index (κ3) is 7.14. The third-order valence-electron chi connectivity index (χ3n) is 3.20. The number of ether oxygens (including phenoxy) is 1. The molecular formula is C19H22O2S2. The molecule has 0 saturated carbocycles. The van der Waals surface area contributed by atoms with Crippen LogP contribution in [-0.2, 0) is 9.53 Å². The van der Waals surface area contributed by atoms with E-state index in [4.69, 9.17) is 4.74 Å². The van der Waals surface area contributed by atoms with E-state index in [1.165, 1.54) is 9.79 Å². The minimum atomic E-state index is -0.101. The van der Waals surface area contributed by atoms with Crippen molar-refractivity contribution in [1.29, 1.82) is 0 Å². The molecule has 0 aliphatic rings. The standard InChI is InChI=1S/C19H22O2S2/c1-2-21-19(20)14-13-18(23-17-11-7-4-8-12-17)15-22-16-9-5-3-6-10-16/h3-12,18H,2,13-15H2,1H3. The van der Waals surface area contributed by atoms with Crippen molar-refractivity contribution >= 4 is 29.5 Å². The molecule has 0 aliphatic heterocycles. The van der Waals surface area contributed by atoms with Crippen molar-refractivity contribution in [3.8, 4) is 0 Å². The number of thioether (sulfide) groups is 2. The van der Waals surface area contributed by atoms with Gasteiger partial charge in [-0.05, 0) is 37.6 Å². The quantitative estimate of drug-likeness (QED) is 0.456. The summed E-state index contributed by atoms with van der Waals surface area (Å²) in [6, 6.07) is 20.8. The molecule has 2 rings (SSSR count). The number of benzene rings is 2. The Balaban J connectivity index is 1.91. The Morgan fingerprint density at radius 3 is 2.22 bits per heavy atom. The maximum absolute atomic E-state index is 11.6. The summed E-state index contributed by atoms with van der Waals surface area (Å²) in [6.07, 6.45) is 1.31. The molecule has 2 nitrogen and oxygen atoms in total. The van der Waals surface area contributed by atoms with Crippen molar-refractivity contribution in [2.75, 3.05) is 12.4 Å². The van der Waals surface area contributed by atoms with Crippen LogP contribution in [0.15, 0.2) is 70.5 Å².